The van der Waals surface area contributed by atoms with Gasteiger partial charge >= 0.3 is 11.9 Å². The van der Waals surface area contributed by atoms with Crippen molar-refractivity contribution in [2.75, 3.05) is 14.2 Å². The van der Waals surface area contributed by atoms with Crippen LogP contribution in [0.1, 0.15) is 32.4 Å². The Balaban J connectivity index is 0.000000166. The van der Waals surface area contributed by atoms with Gasteiger partial charge in [-0.1, -0.05) is 11.6 Å². The van der Waals surface area contributed by atoms with Crippen LogP contribution in [0.25, 0.3) is 11.3 Å². The van der Waals surface area contributed by atoms with Crippen LogP contribution in [0.15, 0.2) is 30.6 Å². The maximum Gasteiger partial charge on any atom is 0.356 e. The quantitative estimate of drug-likeness (QED) is 0.457. The molecule has 4 rings (SSSR count). The van der Waals surface area contributed by atoms with E-state index in [1.165, 1.54) is 29.4 Å². The summed E-state index contributed by atoms with van der Waals surface area (Å²) < 4.78 is 12.1. The molecule has 0 aliphatic heterocycles. The molecule has 10 nitrogen and oxygen atoms in total. The fourth-order valence-corrected chi connectivity index (χ4v) is 2.76. The van der Waals surface area contributed by atoms with Crippen molar-refractivity contribution in [2.45, 2.75) is 13.8 Å². The SMILES string of the molecule is COC(=O)c1cc(C)nc2c(Cl)cnn12.COC(=O)c1cc(C)nc2ccnn12. The Hall–Kier alpha value is -3.53. The van der Waals surface area contributed by atoms with Crippen LogP contribution >= 0.6 is 11.6 Å². The molecule has 0 amide bonds. The average molecular weight is 417 g/mol. The summed E-state index contributed by atoms with van der Waals surface area (Å²) >= 11 is 5.87. The van der Waals surface area contributed by atoms with Gasteiger partial charge in [-0.15, -0.1) is 0 Å². The average Bonchev–Trinajstić information content (AvgIpc) is 3.32. The topological polar surface area (TPSA) is 113 Å². The van der Waals surface area contributed by atoms with E-state index in [0.717, 1.165) is 5.69 Å². The minimum absolute atomic E-state index is 0.312. The van der Waals surface area contributed by atoms with Gasteiger partial charge in [-0.05, 0) is 26.0 Å². The van der Waals surface area contributed by atoms with Crippen LogP contribution < -0.4 is 0 Å². The third-order valence-corrected chi connectivity index (χ3v) is 4.10. The number of hydrogen-bond donors (Lipinski definition) is 0. The lowest BCUT2D eigenvalue weighted by Gasteiger charge is -2.03. The van der Waals surface area contributed by atoms with Crippen molar-refractivity contribution in [3.05, 3.63) is 58.4 Å². The largest absolute Gasteiger partial charge is 0.464 e. The zero-order valence-corrected chi connectivity index (χ0v) is 16.8. The molecule has 0 aromatic carbocycles. The van der Waals surface area contributed by atoms with Crippen LogP contribution in [-0.4, -0.2) is 55.4 Å². The first-order chi connectivity index (χ1) is 13.8. The number of fused-ring (bicyclic) bond motifs is 2. The second-order valence-corrected chi connectivity index (χ2v) is 6.29. The first kappa shape index (κ1) is 20.2. The highest BCUT2D eigenvalue weighted by Gasteiger charge is 2.15. The third kappa shape index (κ3) is 4.02. The van der Waals surface area contributed by atoms with Crippen LogP contribution in [0.5, 0.6) is 0 Å². The van der Waals surface area contributed by atoms with E-state index in [2.05, 4.69) is 29.6 Å². The molecule has 0 aliphatic rings. The maximum atomic E-state index is 11.4. The number of aromatic nitrogens is 6. The summed E-state index contributed by atoms with van der Waals surface area (Å²) in [6.45, 7) is 3.59. The minimum Gasteiger partial charge on any atom is -0.464 e. The van der Waals surface area contributed by atoms with Gasteiger partial charge in [0.25, 0.3) is 0 Å². The van der Waals surface area contributed by atoms with E-state index in [4.69, 9.17) is 11.6 Å². The Morgan fingerprint density at radius 2 is 1.52 bits per heavy atom. The van der Waals surface area contributed by atoms with E-state index in [0.29, 0.717) is 33.4 Å². The number of carbonyl (C=O) groups excluding carboxylic acids is 2. The maximum absolute atomic E-state index is 11.4. The van der Waals surface area contributed by atoms with Gasteiger partial charge in [0, 0.05) is 17.5 Å². The van der Waals surface area contributed by atoms with Gasteiger partial charge in [0.15, 0.2) is 22.7 Å². The lowest BCUT2D eigenvalue weighted by atomic mass is 10.3. The zero-order chi connectivity index (χ0) is 21.1. The van der Waals surface area contributed by atoms with Crippen LogP contribution in [0.4, 0.5) is 0 Å². The van der Waals surface area contributed by atoms with Crippen molar-refractivity contribution < 1.29 is 19.1 Å². The molecule has 4 aromatic heterocycles. The van der Waals surface area contributed by atoms with E-state index in [1.54, 1.807) is 31.3 Å². The Morgan fingerprint density at radius 3 is 2.14 bits per heavy atom. The van der Waals surface area contributed by atoms with E-state index in [9.17, 15) is 9.59 Å². The fourth-order valence-electron chi connectivity index (χ4n) is 2.60. The van der Waals surface area contributed by atoms with Crippen LogP contribution in [0.2, 0.25) is 5.02 Å². The number of methoxy groups -OCH3 is 2. The third-order valence-electron chi connectivity index (χ3n) is 3.83. The van der Waals surface area contributed by atoms with Crippen molar-refractivity contribution in [2.24, 2.45) is 0 Å². The highest BCUT2D eigenvalue weighted by atomic mass is 35.5. The molecule has 0 N–H and O–H groups in total. The zero-order valence-electron chi connectivity index (χ0n) is 16.1. The number of nitrogens with zero attached hydrogens (tertiary/aromatic N) is 6. The number of esters is 2. The highest BCUT2D eigenvalue weighted by molar-refractivity contribution is 6.33. The molecule has 0 atom stereocenters. The Kier molecular flexibility index (Phi) is 5.74. The Labute approximate surface area is 170 Å². The number of hydrogen-bond acceptors (Lipinski definition) is 8. The Morgan fingerprint density at radius 1 is 0.931 bits per heavy atom. The first-order valence-electron chi connectivity index (χ1n) is 8.34. The molecular weight excluding hydrogens is 400 g/mol. The van der Waals surface area contributed by atoms with Gasteiger partial charge in [-0.3, -0.25) is 0 Å². The van der Waals surface area contributed by atoms with E-state index in [-0.39, 0.29) is 0 Å². The van der Waals surface area contributed by atoms with Gasteiger partial charge < -0.3 is 9.47 Å². The molecule has 0 radical (unpaired) electrons. The summed E-state index contributed by atoms with van der Waals surface area (Å²) in [6.07, 6.45) is 3.03. The molecule has 0 fully saturated rings. The van der Waals surface area contributed by atoms with Gasteiger partial charge in [-0.2, -0.15) is 10.2 Å². The molecule has 150 valence electrons. The number of rotatable bonds is 2. The minimum atomic E-state index is -0.467. The van der Waals surface area contributed by atoms with Gasteiger partial charge in [-0.25, -0.2) is 28.6 Å². The number of carbonyl (C=O) groups is 2. The second-order valence-electron chi connectivity index (χ2n) is 5.88. The lowest BCUT2D eigenvalue weighted by Crippen LogP contribution is -2.10. The van der Waals surface area contributed by atoms with Crippen LogP contribution in [0.3, 0.4) is 0 Å². The molecule has 0 bridgehead atoms. The van der Waals surface area contributed by atoms with Crippen LogP contribution in [-0.2, 0) is 9.47 Å². The molecule has 0 unspecified atom stereocenters. The number of ether oxygens (including phenoxy) is 2. The van der Waals surface area contributed by atoms with E-state index >= 15 is 0 Å². The monoisotopic (exact) mass is 416 g/mol. The van der Waals surface area contributed by atoms with E-state index < -0.39 is 11.9 Å². The van der Waals surface area contributed by atoms with E-state index in [1.807, 2.05) is 6.92 Å². The summed E-state index contributed by atoms with van der Waals surface area (Å²) in [6, 6.07) is 4.98. The van der Waals surface area contributed by atoms with Crippen molar-refractivity contribution >= 4 is 34.8 Å². The predicted molar refractivity (Wildman–Crippen MR) is 103 cm³/mol. The summed E-state index contributed by atoms with van der Waals surface area (Å²) in [5.41, 5.74) is 3.25. The second kappa shape index (κ2) is 8.23. The molecule has 0 spiro atoms. The van der Waals surface area contributed by atoms with Crippen molar-refractivity contribution in [3.63, 3.8) is 0 Å². The fraction of sp³-hybridized carbons (Fsp3) is 0.222. The summed E-state index contributed by atoms with van der Waals surface area (Å²) in [5.74, 6) is -0.880. The summed E-state index contributed by atoms with van der Waals surface area (Å²) in [7, 11) is 2.66. The highest BCUT2D eigenvalue weighted by Crippen LogP contribution is 2.17. The predicted octanol–water partition coefficient (Wildman–Crippen LogP) is 2.30. The van der Waals surface area contributed by atoms with Crippen molar-refractivity contribution in [1.82, 2.24) is 29.2 Å². The smallest absolute Gasteiger partial charge is 0.356 e. The van der Waals surface area contributed by atoms with Gasteiger partial charge in [0.2, 0.25) is 0 Å². The molecular formula is C18H17ClN6O4. The molecule has 0 aliphatic carbocycles. The molecule has 4 aromatic rings. The molecule has 4 heterocycles. The first-order valence-corrected chi connectivity index (χ1v) is 8.72. The van der Waals surface area contributed by atoms with Crippen molar-refractivity contribution in [1.29, 1.82) is 0 Å². The lowest BCUT2D eigenvalue weighted by molar-refractivity contribution is 0.0581. The normalized spacial score (nSPS) is 10.5. The Bertz CT molecular complexity index is 1220. The summed E-state index contributed by atoms with van der Waals surface area (Å²) in [4.78, 5) is 31.2. The molecule has 11 heteroatoms. The van der Waals surface area contributed by atoms with Gasteiger partial charge in [0.05, 0.1) is 26.6 Å². The number of halogens is 1. The number of aryl methyl sites for hydroxylation is 2. The molecule has 0 saturated heterocycles. The molecule has 0 saturated carbocycles. The standard InChI is InChI=1S/C9H8ClN3O2.C9H9N3O2/c1-5-3-7(9(14)15-2)13-8(12-5)6(10)4-11-13;1-6-5-7(9(13)14-2)12-8(11-6)3-4-10-12/h3-4H,1-2H3;3-5H,1-2H3. The van der Waals surface area contributed by atoms with Crippen molar-refractivity contribution in [3.8, 4) is 0 Å². The molecule has 29 heavy (non-hydrogen) atoms. The van der Waals surface area contributed by atoms with Crippen LogP contribution in [0, 0.1) is 13.8 Å². The van der Waals surface area contributed by atoms with Gasteiger partial charge in [0.1, 0.15) is 5.02 Å². The summed E-state index contributed by atoms with van der Waals surface area (Å²) in [5, 5.41) is 8.34.